The normalized spacial score (nSPS) is 28.0. The maximum atomic E-state index is 10.1. The van der Waals surface area contributed by atoms with Crippen molar-refractivity contribution >= 4 is 0 Å². The summed E-state index contributed by atoms with van der Waals surface area (Å²) in [5.41, 5.74) is 0. The highest BCUT2D eigenvalue weighted by Crippen LogP contribution is 2.27. The first kappa shape index (κ1) is 22.0. The molecule has 1 aliphatic rings. The van der Waals surface area contributed by atoms with Gasteiger partial charge in [-0.15, -0.1) is 0 Å². The van der Waals surface area contributed by atoms with Crippen LogP contribution in [0.15, 0.2) is 0 Å². The van der Waals surface area contributed by atoms with Crippen LogP contribution in [-0.2, 0) is 9.47 Å². The molecular weight excluding hydrogens is 336 g/mol. The second-order valence-corrected chi connectivity index (χ2v) is 5.72. The Morgan fingerprint density at radius 1 is 1.00 bits per heavy atom. The van der Waals surface area contributed by atoms with Crippen molar-refractivity contribution in [3.05, 3.63) is 0 Å². The van der Waals surface area contributed by atoms with E-state index in [4.69, 9.17) is 9.47 Å². The van der Waals surface area contributed by atoms with Crippen LogP contribution in [0.5, 0.6) is 0 Å². The van der Waals surface area contributed by atoms with Gasteiger partial charge in [0.15, 0.2) is 6.29 Å². The number of hydrogen-bond donors (Lipinski definition) is 4. The Kier molecular flexibility index (Phi) is 10.5. The van der Waals surface area contributed by atoms with Crippen LogP contribution < -0.4 is 0 Å². The Morgan fingerprint density at radius 3 is 2.27 bits per heavy atom. The minimum atomic E-state index is -1.26. The summed E-state index contributed by atoms with van der Waals surface area (Å²) in [7, 11) is 0. The van der Waals surface area contributed by atoms with Crippen molar-refractivity contribution in [1.29, 1.82) is 0 Å². The van der Waals surface area contributed by atoms with E-state index in [1.165, 1.54) is 0 Å². The van der Waals surface area contributed by atoms with Gasteiger partial charge in [0.05, 0.1) is 31.5 Å². The molecule has 6 unspecified atom stereocenters. The highest BCUT2D eigenvalue weighted by atomic mass is 16.7. The first-order chi connectivity index (χ1) is 12.5. The molecule has 6 nitrogen and oxygen atoms in total. The van der Waals surface area contributed by atoms with E-state index in [0.29, 0.717) is 12.8 Å². The van der Waals surface area contributed by atoms with Gasteiger partial charge in [0.25, 0.3) is 0 Å². The maximum Gasteiger partial charge on any atom is 0.186 e. The summed E-state index contributed by atoms with van der Waals surface area (Å²) in [6, 6.07) is 0. The van der Waals surface area contributed by atoms with Crippen molar-refractivity contribution in [2.24, 2.45) is 5.92 Å². The average Bonchev–Trinajstić information content (AvgIpc) is 2.65. The van der Waals surface area contributed by atoms with Gasteiger partial charge >= 0.3 is 0 Å². The zero-order valence-electron chi connectivity index (χ0n) is 14.9. The second kappa shape index (κ2) is 12.4. The Bertz CT molecular complexity index is 670. The summed E-state index contributed by atoms with van der Waals surface area (Å²) in [5.74, 6) is 20.4. The van der Waals surface area contributed by atoms with Gasteiger partial charge < -0.3 is 29.9 Å². The molecule has 0 aliphatic carbocycles. The molecule has 0 saturated carbocycles. The van der Waals surface area contributed by atoms with Crippen molar-refractivity contribution in [2.45, 2.75) is 57.4 Å². The largest absolute Gasteiger partial charge is 0.394 e. The molecule has 0 aromatic carbocycles. The fourth-order valence-corrected chi connectivity index (χ4v) is 2.31. The summed E-state index contributed by atoms with van der Waals surface area (Å²) in [5, 5.41) is 38.8. The molecule has 1 heterocycles. The number of rotatable bonds is 6. The third-order valence-electron chi connectivity index (χ3n) is 3.89. The first-order valence-corrected chi connectivity index (χ1v) is 8.33. The van der Waals surface area contributed by atoms with E-state index in [2.05, 4.69) is 47.4 Å². The topological polar surface area (TPSA) is 99.4 Å². The van der Waals surface area contributed by atoms with Gasteiger partial charge in [-0.1, -0.05) is 18.8 Å². The Hall–Kier alpha value is -2.00. The molecule has 1 fully saturated rings. The molecule has 0 spiro atoms. The highest BCUT2D eigenvalue weighted by Gasteiger charge is 2.43. The molecule has 6 heteroatoms. The summed E-state index contributed by atoms with van der Waals surface area (Å²) in [6.07, 6.45) is -3.95. The molecule has 0 amide bonds. The van der Waals surface area contributed by atoms with Crippen LogP contribution in [0.4, 0.5) is 0 Å². The molecule has 6 atom stereocenters. The Balaban J connectivity index is 2.52. The van der Waals surface area contributed by atoms with Crippen molar-refractivity contribution in [1.82, 2.24) is 0 Å². The Labute approximate surface area is 154 Å². The molecule has 1 rings (SSSR count). The van der Waals surface area contributed by atoms with E-state index in [1.54, 1.807) is 13.8 Å². The standard InChI is InChI=1S/C20H24O6/c1-3-4-5-6-7-8-9-10-11-12-16(13-21)25-20-19(24)18(23)15(2)17(14-22)26-20/h15-24H,11-14H2,1-2H3. The van der Waals surface area contributed by atoms with Gasteiger partial charge in [-0.2, -0.15) is 0 Å². The van der Waals surface area contributed by atoms with E-state index in [0.717, 1.165) is 0 Å². The number of aliphatic hydroxyl groups excluding tert-OH is 4. The van der Waals surface area contributed by atoms with Crippen LogP contribution in [0.25, 0.3) is 0 Å². The predicted molar refractivity (Wildman–Crippen MR) is 94.9 cm³/mol. The zero-order valence-corrected chi connectivity index (χ0v) is 14.9. The molecular formula is C20H24O6. The minimum absolute atomic E-state index is 0.295. The highest BCUT2D eigenvalue weighted by molar-refractivity contribution is 5.39. The molecule has 0 aromatic heterocycles. The van der Waals surface area contributed by atoms with Crippen molar-refractivity contribution < 1.29 is 29.9 Å². The van der Waals surface area contributed by atoms with E-state index < -0.39 is 36.6 Å². The fraction of sp³-hybridized carbons (Fsp3) is 0.600. The monoisotopic (exact) mass is 360 g/mol. The maximum absolute atomic E-state index is 10.1. The molecule has 1 saturated heterocycles. The van der Waals surface area contributed by atoms with Gasteiger partial charge in [-0.3, -0.25) is 0 Å². The van der Waals surface area contributed by atoms with Gasteiger partial charge in [-0.05, 0) is 48.9 Å². The van der Waals surface area contributed by atoms with Gasteiger partial charge in [0.2, 0.25) is 0 Å². The lowest BCUT2D eigenvalue weighted by atomic mass is 9.91. The quantitative estimate of drug-likeness (QED) is 0.466. The smallest absolute Gasteiger partial charge is 0.186 e. The molecule has 140 valence electrons. The molecule has 0 radical (unpaired) electrons. The summed E-state index contributed by atoms with van der Waals surface area (Å²) >= 11 is 0. The zero-order chi connectivity index (χ0) is 19.4. The first-order valence-electron chi connectivity index (χ1n) is 8.33. The van der Waals surface area contributed by atoms with Crippen LogP contribution in [0, 0.1) is 53.3 Å². The summed E-state index contributed by atoms with van der Waals surface area (Å²) in [6.45, 7) is 2.76. The summed E-state index contributed by atoms with van der Waals surface area (Å²) in [4.78, 5) is 0. The number of ether oxygens (including phenoxy) is 2. The molecule has 26 heavy (non-hydrogen) atoms. The number of hydrogen-bond acceptors (Lipinski definition) is 6. The van der Waals surface area contributed by atoms with Gasteiger partial charge in [0.1, 0.15) is 6.10 Å². The number of aliphatic hydroxyl groups is 4. The Morgan fingerprint density at radius 2 is 1.65 bits per heavy atom. The second-order valence-electron chi connectivity index (χ2n) is 5.72. The minimum Gasteiger partial charge on any atom is -0.394 e. The van der Waals surface area contributed by atoms with E-state index in [-0.39, 0.29) is 13.2 Å². The lowest BCUT2D eigenvalue weighted by Crippen LogP contribution is -2.56. The van der Waals surface area contributed by atoms with Crippen molar-refractivity contribution in [3.8, 4) is 47.4 Å². The van der Waals surface area contributed by atoms with Gasteiger partial charge in [-0.25, -0.2) is 0 Å². The third-order valence-corrected chi connectivity index (χ3v) is 3.89. The summed E-state index contributed by atoms with van der Waals surface area (Å²) < 4.78 is 11.0. The van der Waals surface area contributed by atoms with Crippen LogP contribution >= 0.6 is 0 Å². The lowest BCUT2D eigenvalue weighted by Gasteiger charge is -2.41. The van der Waals surface area contributed by atoms with E-state index in [1.807, 2.05) is 0 Å². The lowest BCUT2D eigenvalue weighted by molar-refractivity contribution is -0.302. The van der Waals surface area contributed by atoms with E-state index >= 15 is 0 Å². The molecule has 1 aliphatic heterocycles. The molecule has 4 N–H and O–H groups in total. The molecule has 0 bridgehead atoms. The van der Waals surface area contributed by atoms with Crippen LogP contribution in [0.3, 0.4) is 0 Å². The predicted octanol–water partition coefficient (Wildman–Crippen LogP) is -0.747. The molecule has 0 aromatic rings. The van der Waals surface area contributed by atoms with Crippen molar-refractivity contribution in [2.75, 3.05) is 13.2 Å². The van der Waals surface area contributed by atoms with E-state index in [9.17, 15) is 20.4 Å². The van der Waals surface area contributed by atoms with Crippen molar-refractivity contribution in [3.63, 3.8) is 0 Å². The average molecular weight is 360 g/mol. The SMILES string of the molecule is CC#CC#CC#CC#CCCC(CO)OC1OC(CO)C(C)C(O)C1O. The van der Waals surface area contributed by atoms with Gasteiger partial charge in [0, 0.05) is 12.3 Å². The fourth-order valence-electron chi connectivity index (χ4n) is 2.31. The van der Waals surface area contributed by atoms with Crippen LogP contribution in [-0.4, -0.2) is 64.3 Å². The third kappa shape index (κ3) is 7.09. The van der Waals surface area contributed by atoms with Crippen LogP contribution in [0.2, 0.25) is 0 Å². The van der Waals surface area contributed by atoms with Crippen LogP contribution in [0.1, 0.15) is 26.7 Å².